The molecule has 36 heavy (non-hydrogen) atoms. The first-order chi connectivity index (χ1) is 17.4. The zero-order valence-corrected chi connectivity index (χ0v) is 21.2. The maximum Gasteiger partial charge on any atom is 0.266 e. The minimum Gasteiger partial charge on any atom is -0.483 e. The van der Waals surface area contributed by atoms with Gasteiger partial charge in [-0.05, 0) is 18.6 Å². The van der Waals surface area contributed by atoms with Crippen molar-refractivity contribution in [3.8, 4) is 5.75 Å². The van der Waals surface area contributed by atoms with Crippen LogP contribution in [0.3, 0.4) is 0 Å². The first-order valence-corrected chi connectivity index (χ1v) is 12.6. The van der Waals surface area contributed by atoms with E-state index in [1.54, 1.807) is 0 Å². The number of carbonyl (C=O) groups excluding carboxylic acids is 5. The van der Waals surface area contributed by atoms with Gasteiger partial charge in [0.05, 0.1) is 50.8 Å². The van der Waals surface area contributed by atoms with Gasteiger partial charge < -0.3 is 24.3 Å². The van der Waals surface area contributed by atoms with Crippen LogP contribution >= 0.6 is 15.9 Å². The summed E-state index contributed by atoms with van der Waals surface area (Å²) in [6.07, 6.45) is 0.0748. The van der Waals surface area contributed by atoms with Gasteiger partial charge in [0.15, 0.2) is 6.61 Å². The van der Waals surface area contributed by atoms with E-state index in [0.29, 0.717) is 33.0 Å². The van der Waals surface area contributed by atoms with Crippen molar-refractivity contribution in [2.45, 2.75) is 18.9 Å². The number of hydrogen-bond acceptors (Lipinski definition) is 9. The summed E-state index contributed by atoms with van der Waals surface area (Å²) in [6.45, 7) is 2.57. The topological polar surface area (TPSA) is 150 Å². The summed E-state index contributed by atoms with van der Waals surface area (Å²) >= 11 is 3.26. The van der Waals surface area contributed by atoms with E-state index in [4.69, 9.17) is 18.9 Å². The molecule has 1 aromatic carbocycles. The van der Waals surface area contributed by atoms with Crippen LogP contribution in [0.5, 0.6) is 5.75 Å². The van der Waals surface area contributed by atoms with Gasteiger partial charge in [0.25, 0.3) is 17.7 Å². The van der Waals surface area contributed by atoms with Gasteiger partial charge in [0.1, 0.15) is 11.8 Å². The first-order valence-electron chi connectivity index (χ1n) is 11.5. The number of imide groups is 2. The maximum absolute atomic E-state index is 13.0. The number of hydrogen-bond donors (Lipinski definition) is 2. The van der Waals surface area contributed by atoms with Gasteiger partial charge in [-0.15, -0.1) is 0 Å². The number of nitrogens with zero attached hydrogens (tertiary/aromatic N) is 1. The molecule has 2 aliphatic heterocycles. The Kier molecular flexibility index (Phi) is 10.8. The zero-order chi connectivity index (χ0) is 25.9. The van der Waals surface area contributed by atoms with Crippen molar-refractivity contribution < 1.29 is 42.9 Å². The van der Waals surface area contributed by atoms with Crippen molar-refractivity contribution in [2.75, 3.05) is 58.1 Å². The quantitative estimate of drug-likeness (QED) is 0.169. The van der Waals surface area contributed by atoms with E-state index in [1.165, 1.54) is 18.2 Å². The van der Waals surface area contributed by atoms with Gasteiger partial charge >= 0.3 is 0 Å². The van der Waals surface area contributed by atoms with Crippen LogP contribution < -0.4 is 15.4 Å². The van der Waals surface area contributed by atoms with E-state index in [1.807, 2.05) is 0 Å². The third-order valence-electron chi connectivity index (χ3n) is 5.32. The van der Waals surface area contributed by atoms with E-state index in [-0.39, 0.29) is 49.5 Å². The number of benzene rings is 1. The van der Waals surface area contributed by atoms with Crippen LogP contribution in [0.1, 0.15) is 33.6 Å². The highest BCUT2D eigenvalue weighted by Crippen LogP contribution is 2.33. The highest BCUT2D eigenvalue weighted by atomic mass is 79.9. The maximum atomic E-state index is 13.0. The monoisotopic (exact) mass is 569 g/mol. The molecule has 1 aromatic rings. The van der Waals surface area contributed by atoms with Gasteiger partial charge in [0.2, 0.25) is 11.8 Å². The average Bonchev–Trinajstić information content (AvgIpc) is 3.11. The van der Waals surface area contributed by atoms with E-state index in [9.17, 15) is 24.0 Å². The predicted molar refractivity (Wildman–Crippen MR) is 128 cm³/mol. The van der Waals surface area contributed by atoms with E-state index >= 15 is 0 Å². The molecular weight excluding hydrogens is 542 g/mol. The van der Waals surface area contributed by atoms with Crippen molar-refractivity contribution in [3.05, 3.63) is 29.3 Å². The molecule has 13 heteroatoms. The molecule has 2 N–H and O–H groups in total. The second kappa shape index (κ2) is 14.0. The fourth-order valence-corrected chi connectivity index (χ4v) is 3.89. The Bertz CT molecular complexity index is 988. The lowest BCUT2D eigenvalue weighted by Gasteiger charge is -2.27. The number of nitrogens with one attached hydrogen (secondary N) is 2. The number of halogens is 1. The van der Waals surface area contributed by atoms with Gasteiger partial charge in [-0.3, -0.25) is 34.2 Å². The summed E-state index contributed by atoms with van der Waals surface area (Å²) in [6, 6.07) is 3.37. The molecule has 3 rings (SSSR count). The van der Waals surface area contributed by atoms with Crippen molar-refractivity contribution in [1.29, 1.82) is 0 Å². The van der Waals surface area contributed by atoms with Crippen LogP contribution in [0.15, 0.2) is 18.2 Å². The van der Waals surface area contributed by atoms with Gasteiger partial charge in [-0.1, -0.05) is 22.0 Å². The average molecular weight is 570 g/mol. The normalized spacial score (nSPS) is 17.2. The number of carbonyl (C=O) groups is 5. The molecule has 0 radical (unpaired) electrons. The minimum atomic E-state index is -1.08. The molecule has 12 nitrogen and oxygen atoms in total. The van der Waals surface area contributed by atoms with E-state index in [2.05, 4.69) is 26.6 Å². The standard InChI is InChI=1S/C23H28BrN3O9/c24-6-8-33-10-12-35-13-11-34-9-7-25-19(29)14-36-17-3-1-2-15-20(17)23(32)27(22(15)31)16-4-5-18(28)26-21(16)30/h1-3,16H,4-14H2,(H,25,29)(H,26,28,30). The van der Waals surface area contributed by atoms with Crippen LogP contribution in [0.2, 0.25) is 0 Å². The largest absolute Gasteiger partial charge is 0.483 e. The molecule has 0 saturated carbocycles. The second-order valence-electron chi connectivity index (χ2n) is 7.79. The lowest BCUT2D eigenvalue weighted by Crippen LogP contribution is -2.54. The third kappa shape index (κ3) is 7.32. The molecule has 1 saturated heterocycles. The molecule has 1 fully saturated rings. The summed E-state index contributed by atoms with van der Waals surface area (Å²) in [5.41, 5.74) is 0.0637. The third-order valence-corrected chi connectivity index (χ3v) is 5.65. The summed E-state index contributed by atoms with van der Waals surface area (Å²) in [5, 5.41) is 5.56. The smallest absolute Gasteiger partial charge is 0.266 e. The number of amides is 5. The molecule has 2 aliphatic rings. The van der Waals surface area contributed by atoms with Crippen LogP contribution in [0.25, 0.3) is 0 Å². The van der Waals surface area contributed by atoms with Crippen molar-refractivity contribution in [1.82, 2.24) is 15.5 Å². The number of alkyl halides is 1. The summed E-state index contributed by atoms with van der Waals surface area (Å²) in [7, 11) is 0. The Balaban J connectivity index is 1.40. The zero-order valence-electron chi connectivity index (χ0n) is 19.6. The number of rotatable bonds is 15. The summed E-state index contributed by atoms with van der Waals surface area (Å²) in [4.78, 5) is 62.4. The predicted octanol–water partition coefficient (Wildman–Crippen LogP) is 0.0275. The number of fused-ring (bicyclic) bond motifs is 1. The second-order valence-corrected chi connectivity index (χ2v) is 8.58. The van der Waals surface area contributed by atoms with Crippen LogP contribution in [-0.2, 0) is 28.6 Å². The Labute approximate surface area is 216 Å². The molecule has 0 spiro atoms. The lowest BCUT2D eigenvalue weighted by molar-refractivity contribution is -0.136. The highest BCUT2D eigenvalue weighted by Gasteiger charge is 2.46. The molecule has 1 atom stereocenters. The van der Waals surface area contributed by atoms with E-state index in [0.717, 1.165) is 10.2 Å². The first kappa shape index (κ1) is 27.7. The number of ether oxygens (including phenoxy) is 4. The fourth-order valence-electron chi connectivity index (χ4n) is 3.66. The minimum absolute atomic E-state index is 0.0130. The molecule has 0 aliphatic carbocycles. The molecule has 0 bridgehead atoms. The Morgan fingerprint density at radius 1 is 1.00 bits per heavy atom. The molecule has 1 unspecified atom stereocenters. The Hall–Kier alpha value is -2.87. The van der Waals surface area contributed by atoms with E-state index < -0.39 is 35.6 Å². The Morgan fingerprint density at radius 3 is 2.39 bits per heavy atom. The lowest BCUT2D eigenvalue weighted by atomic mass is 10.0. The fraction of sp³-hybridized carbons (Fsp3) is 0.522. The van der Waals surface area contributed by atoms with Crippen molar-refractivity contribution in [2.24, 2.45) is 0 Å². The molecule has 0 aromatic heterocycles. The van der Waals surface area contributed by atoms with Gasteiger partial charge in [-0.25, -0.2) is 0 Å². The van der Waals surface area contributed by atoms with Crippen LogP contribution in [0, 0.1) is 0 Å². The van der Waals surface area contributed by atoms with Crippen LogP contribution in [0.4, 0.5) is 0 Å². The van der Waals surface area contributed by atoms with Gasteiger partial charge in [0, 0.05) is 18.3 Å². The summed E-state index contributed by atoms with van der Waals surface area (Å²) in [5.74, 6) is -2.87. The van der Waals surface area contributed by atoms with Crippen molar-refractivity contribution in [3.63, 3.8) is 0 Å². The van der Waals surface area contributed by atoms with Crippen molar-refractivity contribution >= 4 is 45.5 Å². The Morgan fingerprint density at radius 2 is 1.69 bits per heavy atom. The van der Waals surface area contributed by atoms with Gasteiger partial charge in [-0.2, -0.15) is 0 Å². The summed E-state index contributed by atoms with van der Waals surface area (Å²) < 4.78 is 21.5. The SMILES string of the molecule is O=C(COc1cccc2c1C(=O)N(C1CCC(=O)NC1=O)C2=O)NCCOCCOCCOCCBr. The molecule has 5 amide bonds. The molecule has 2 heterocycles. The van der Waals surface area contributed by atoms with Crippen LogP contribution in [-0.4, -0.2) is 98.6 Å². The number of piperidine rings is 1. The molecule has 196 valence electrons. The highest BCUT2D eigenvalue weighted by molar-refractivity contribution is 9.09. The molecular formula is C23H28BrN3O9.